The molecular weight excluding hydrogens is 419 g/mol. The molecule has 2 heterocycles. The SMILES string of the molecule is CN1CCc2cc([C@H](CNC(=O)C(=O)Nc3ccc(F)c(Cl)c3)N3CCCC3)ccc21. The van der Waals surface area contributed by atoms with Gasteiger partial charge >= 0.3 is 11.8 Å². The van der Waals surface area contributed by atoms with Crippen LogP contribution in [0.25, 0.3) is 0 Å². The molecule has 0 aromatic heterocycles. The lowest BCUT2D eigenvalue weighted by molar-refractivity contribution is -0.136. The van der Waals surface area contributed by atoms with Crippen LogP contribution in [-0.2, 0) is 16.0 Å². The van der Waals surface area contributed by atoms with Crippen LogP contribution in [0.5, 0.6) is 0 Å². The molecule has 0 saturated carbocycles. The van der Waals surface area contributed by atoms with Crippen molar-refractivity contribution in [1.29, 1.82) is 0 Å². The number of nitrogens with zero attached hydrogens (tertiary/aromatic N) is 2. The minimum absolute atomic E-state index is 0.00993. The maximum absolute atomic E-state index is 13.3. The highest BCUT2D eigenvalue weighted by atomic mass is 35.5. The van der Waals surface area contributed by atoms with Crippen molar-refractivity contribution in [2.75, 3.05) is 43.4 Å². The number of amides is 2. The molecule has 4 rings (SSSR count). The first-order chi connectivity index (χ1) is 14.9. The molecule has 8 heteroatoms. The van der Waals surface area contributed by atoms with E-state index >= 15 is 0 Å². The van der Waals surface area contributed by atoms with E-state index in [1.54, 1.807) is 0 Å². The van der Waals surface area contributed by atoms with Gasteiger partial charge < -0.3 is 15.5 Å². The number of anilines is 2. The molecule has 6 nitrogen and oxygen atoms in total. The highest BCUT2D eigenvalue weighted by Crippen LogP contribution is 2.32. The van der Waals surface area contributed by atoms with Crippen molar-refractivity contribution < 1.29 is 14.0 Å². The summed E-state index contributed by atoms with van der Waals surface area (Å²) in [5, 5.41) is 5.11. The summed E-state index contributed by atoms with van der Waals surface area (Å²) < 4.78 is 13.3. The molecule has 2 amide bonds. The number of likely N-dealkylation sites (N-methyl/N-ethyl adjacent to an activating group) is 1. The fourth-order valence-corrected chi connectivity index (χ4v) is 4.52. The Labute approximate surface area is 186 Å². The van der Waals surface area contributed by atoms with Gasteiger partial charge in [-0.2, -0.15) is 0 Å². The minimum atomic E-state index is -0.807. The van der Waals surface area contributed by atoms with Crippen LogP contribution >= 0.6 is 11.6 Å². The van der Waals surface area contributed by atoms with Crippen LogP contribution in [0, 0.1) is 5.82 Å². The molecule has 1 fully saturated rings. The highest BCUT2D eigenvalue weighted by molar-refractivity contribution is 6.39. The Morgan fingerprint density at radius 3 is 2.61 bits per heavy atom. The summed E-state index contributed by atoms with van der Waals surface area (Å²) in [6.07, 6.45) is 3.27. The summed E-state index contributed by atoms with van der Waals surface area (Å²) in [4.78, 5) is 29.3. The van der Waals surface area contributed by atoms with Crippen LogP contribution in [0.4, 0.5) is 15.8 Å². The maximum Gasteiger partial charge on any atom is 0.313 e. The second kappa shape index (κ2) is 9.24. The van der Waals surface area contributed by atoms with Crippen LogP contribution in [0.2, 0.25) is 5.02 Å². The van der Waals surface area contributed by atoms with Gasteiger partial charge in [0.05, 0.1) is 11.1 Å². The van der Waals surface area contributed by atoms with Gasteiger partial charge in [0.25, 0.3) is 0 Å². The smallest absolute Gasteiger partial charge is 0.313 e. The topological polar surface area (TPSA) is 64.7 Å². The van der Waals surface area contributed by atoms with E-state index in [1.165, 1.54) is 23.4 Å². The number of nitrogens with one attached hydrogen (secondary N) is 2. The van der Waals surface area contributed by atoms with Gasteiger partial charge in [-0.25, -0.2) is 4.39 Å². The van der Waals surface area contributed by atoms with Crippen molar-refractivity contribution in [3.63, 3.8) is 0 Å². The van der Waals surface area contributed by atoms with Gasteiger partial charge in [-0.05, 0) is 67.7 Å². The number of halogens is 2. The molecule has 2 aromatic rings. The number of benzene rings is 2. The molecule has 0 spiro atoms. The number of rotatable bonds is 5. The van der Waals surface area contributed by atoms with Crippen LogP contribution in [-0.4, -0.2) is 49.9 Å². The second-order valence-electron chi connectivity index (χ2n) is 8.11. The number of hydrogen-bond acceptors (Lipinski definition) is 4. The molecule has 2 aliphatic rings. The van der Waals surface area contributed by atoms with Gasteiger partial charge in [0.15, 0.2) is 0 Å². The number of hydrogen-bond donors (Lipinski definition) is 2. The highest BCUT2D eigenvalue weighted by Gasteiger charge is 2.27. The third-order valence-electron chi connectivity index (χ3n) is 6.04. The molecule has 31 heavy (non-hydrogen) atoms. The Balaban J connectivity index is 1.43. The van der Waals surface area contributed by atoms with Gasteiger partial charge in [-0.3, -0.25) is 14.5 Å². The van der Waals surface area contributed by atoms with Crippen molar-refractivity contribution in [1.82, 2.24) is 10.2 Å². The Morgan fingerprint density at radius 1 is 1.10 bits per heavy atom. The van der Waals surface area contributed by atoms with E-state index in [4.69, 9.17) is 11.6 Å². The predicted octanol–water partition coefficient (Wildman–Crippen LogP) is 3.36. The van der Waals surface area contributed by atoms with Gasteiger partial charge in [-0.15, -0.1) is 0 Å². The molecule has 0 unspecified atom stereocenters. The number of carbonyl (C=O) groups excluding carboxylic acids is 2. The standard InChI is InChI=1S/C23H26ClFN4O2/c1-28-11-8-16-12-15(4-7-20(16)28)21(29-9-2-3-10-29)14-26-22(30)23(31)27-17-5-6-19(25)18(24)13-17/h4-7,12-13,21H,2-3,8-11,14H2,1H3,(H,26,30)(H,27,31)/t21-/m0/s1. The third-order valence-corrected chi connectivity index (χ3v) is 6.33. The second-order valence-corrected chi connectivity index (χ2v) is 8.52. The zero-order valence-electron chi connectivity index (χ0n) is 17.5. The van der Waals surface area contributed by atoms with Crippen molar-refractivity contribution in [3.05, 3.63) is 58.4 Å². The van der Waals surface area contributed by atoms with Crippen LogP contribution in [0.1, 0.15) is 30.0 Å². The first-order valence-corrected chi connectivity index (χ1v) is 10.9. The number of carbonyl (C=O) groups is 2. The molecule has 2 N–H and O–H groups in total. The molecular formula is C23H26ClFN4O2. The third kappa shape index (κ3) is 4.83. The quantitative estimate of drug-likeness (QED) is 0.694. The van der Waals surface area contributed by atoms with E-state index in [-0.39, 0.29) is 16.8 Å². The van der Waals surface area contributed by atoms with E-state index in [0.717, 1.165) is 50.5 Å². The van der Waals surface area contributed by atoms with Crippen molar-refractivity contribution in [3.8, 4) is 0 Å². The number of likely N-dealkylation sites (tertiary alicyclic amines) is 1. The molecule has 2 aromatic carbocycles. The average molecular weight is 445 g/mol. The fourth-order valence-electron chi connectivity index (χ4n) is 4.34. The van der Waals surface area contributed by atoms with Crippen LogP contribution in [0.3, 0.4) is 0 Å². The Bertz CT molecular complexity index is 994. The zero-order valence-corrected chi connectivity index (χ0v) is 18.2. The van der Waals surface area contributed by atoms with Gasteiger partial charge in [0.2, 0.25) is 0 Å². The molecule has 0 radical (unpaired) electrons. The summed E-state index contributed by atoms with van der Waals surface area (Å²) in [7, 11) is 2.09. The van der Waals surface area contributed by atoms with E-state index < -0.39 is 17.6 Å². The molecule has 2 aliphatic heterocycles. The van der Waals surface area contributed by atoms with Crippen LogP contribution in [0.15, 0.2) is 36.4 Å². The molecule has 1 saturated heterocycles. The van der Waals surface area contributed by atoms with Crippen LogP contribution < -0.4 is 15.5 Å². The lowest BCUT2D eigenvalue weighted by atomic mass is 10.0. The summed E-state index contributed by atoms with van der Waals surface area (Å²) in [5.74, 6) is -2.12. The number of fused-ring (bicyclic) bond motifs is 1. The molecule has 1 atom stereocenters. The first kappa shape index (κ1) is 21.6. The monoisotopic (exact) mass is 444 g/mol. The molecule has 164 valence electrons. The van der Waals surface area contributed by atoms with Gasteiger partial charge in [0, 0.05) is 31.5 Å². The van der Waals surface area contributed by atoms with E-state index in [0.29, 0.717) is 6.54 Å². The fraction of sp³-hybridized carbons (Fsp3) is 0.391. The largest absolute Gasteiger partial charge is 0.374 e. The summed E-state index contributed by atoms with van der Waals surface area (Å²) in [5.41, 5.74) is 4.00. The Kier molecular flexibility index (Phi) is 6.43. The zero-order chi connectivity index (χ0) is 22.0. The summed E-state index contributed by atoms with van der Waals surface area (Å²) >= 11 is 5.73. The van der Waals surface area contributed by atoms with Crippen molar-refractivity contribution in [2.24, 2.45) is 0 Å². The van der Waals surface area contributed by atoms with Gasteiger partial charge in [0.1, 0.15) is 5.82 Å². The average Bonchev–Trinajstić information content (AvgIpc) is 3.41. The van der Waals surface area contributed by atoms with Crippen molar-refractivity contribution in [2.45, 2.75) is 25.3 Å². The minimum Gasteiger partial charge on any atom is -0.374 e. The summed E-state index contributed by atoms with van der Waals surface area (Å²) in [6.45, 7) is 3.29. The lowest BCUT2D eigenvalue weighted by Crippen LogP contribution is -2.41. The van der Waals surface area contributed by atoms with E-state index in [1.807, 2.05) is 0 Å². The summed E-state index contributed by atoms with van der Waals surface area (Å²) in [6, 6.07) is 10.3. The van der Waals surface area contributed by atoms with Gasteiger partial charge in [-0.1, -0.05) is 23.7 Å². The normalized spacial score (nSPS) is 16.8. The Morgan fingerprint density at radius 2 is 1.87 bits per heavy atom. The molecule has 0 bridgehead atoms. The predicted molar refractivity (Wildman–Crippen MR) is 120 cm³/mol. The molecule has 0 aliphatic carbocycles. The van der Waals surface area contributed by atoms with E-state index in [2.05, 4.69) is 45.7 Å². The van der Waals surface area contributed by atoms with Crippen molar-refractivity contribution >= 4 is 34.8 Å². The lowest BCUT2D eigenvalue weighted by Gasteiger charge is -2.28. The Hall–Kier alpha value is -2.64. The maximum atomic E-state index is 13.3. The van der Waals surface area contributed by atoms with E-state index in [9.17, 15) is 14.0 Å². The first-order valence-electron chi connectivity index (χ1n) is 10.5.